The fourth-order valence-corrected chi connectivity index (χ4v) is 3.05. The minimum atomic E-state index is -0.337. The molecule has 0 aliphatic heterocycles. The van der Waals surface area contributed by atoms with Gasteiger partial charge in [-0.2, -0.15) is 5.10 Å². The molecular formula is C20H21ClN4O2. The molecule has 0 aliphatic carbocycles. The van der Waals surface area contributed by atoms with Crippen LogP contribution in [-0.4, -0.2) is 27.8 Å². The van der Waals surface area contributed by atoms with Crippen LogP contribution in [0.1, 0.15) is 33.0 Å². The molecule has 0 fully saturated rings. The number of aromatic nitrogens is 3. The van der Waals surface area contributed by atoms with Gasteiger partial charge in [0.1, 0.15) is 5.69 Å². The second-order valence-corrected chi connectivity index (χ2v) is 6.63. The number of halogens is 1. The zero-order valence-corrected chi connectivity index (χ0v) is 16.2. The number of hydrogen-bond acceptors (Lipinski definition) is 4. The molecule has 2 aromatic heterocycles. The Bertz CT molecular complexity index is 968. The minimum Gasteiger partial charge on any atom is -0.380 e. The van der Waals surface area contributed by atoms with Gasteiger partial charge in [-0.3, -0.25) is 4.79 Å². The van der Waals surface area contributed by atoms with E-state index >= 15 is 0 Å². The molecule has 140 valence electrons. The molecule has 3 aromatic rings. The molecular weight excluding hydrogens is 364 g/mol. The van der Waals surface area contributed by atoms with Crippen molar-refractivity contribution < 1.29 is 9.53 Å². The highest BCUT2D eigenvalue weighted by Crippen LogP contribution is 2.18. The maximum Gasteiger partial charge on any atom is 0.271 e. The lowest BCUT2D eigenvalue weighted by Crippen LogP contribution is -2.25. The molecule has 0 radical (unpaired) electrons. The van der Waals surface area contributed by atoms with Crippen molar-refractivity contribution in [3.63, 3.8) is 0 Å². The number of methoxy groups -OCH3 is 1. The van der Waals surface area contributed by atoms with Crippen molar-refractivity contribution in [3.05, 3.63) is 75.7 Å². The van der Waals surface area contributed by atoms with Crippen molar-refractivity contribution >= 4 is 17.5 Å². The Labute approximate surface area is 163 Å². The Hall–Kier alpha value is -2.70. The number of hydrogen-bond donors (Lipinski definition) is 1. The second-order valence-electron chi connectivity index (χ2n) is 6.22. The van der Waals surface area contributed by atoms with E-state index in [0.29, 0.717) is 24.0 Å². The third-order valence-corrected chi connectivity index (χ3v) is 4.44. The number of rotatable bonds is 6. The van der Waals surface area contributed by atoms with Crippen molar-refractivity contribution in [2.75, 3.05) is 7.11 Å². The third-order valence-electron chi connectivity index (χ3n) is 4.13. The fraction of sp³-hybridized carbons (Fsp3) is 0.250. The highest BCUT2D eigenvalue weighted by molar-refractivity contribution is 6.33. The van der Waals surface area contributed by atoms with Gasteiger partial charge in [0.2, 0.25) is 0 Å². The van der Waals surface area contributed by atoms with Crippen LogP contribution in [0.15, 0.2) is 42.5 Å². The summed E-state index contributed by atoms with van der Waals surface area (Å²) in [6.45, 7) is 4.69. The smallest absolute Gasteiger partial charge is 0.271 e. The SMILES string of the molecule is COCc1ccccc1CNC(=O)c1nc(-n2nc(C)cc2C)ccc1Cl. The first-order valence-electron chi connectivity index (χ1n) is 8.53. The van der Waals surface area contributed by atoms with Gasteiger partial charge in [-0.25, -0.2) is 9.67 Å². The summed E-state index contributed by atoms with van der Waals surface area (Å²) in [5, 5.41) is 7.58. The van der Waals surface area contributed by atoms with Crippen molar-refractivity contribution in [2.45, 2.75) is 27.0 Å². The molecule has 0 aliphatic rings. The van der Waals surface area contributed by atoms with Crippen LogP contribution in [0, 0.1) is 13.8 Å². The molecule has 7 heteroatoms. The molecule has 0 spiro atoms. The topological polar surface area (TPSA) is 69.0 Å². The standard InChI is InChI=1S/C20H21ClN4O2/c1-13-10-14(2)25(24-13)18-9-8-17(21)19(23-18)20(26)22-11-15-6-4-5-7-16(15)12-27-3/h4-10H,11-12H2,1-3H3,(H,22,26). The number of amides is 1. The maximum absolute atomic E-state index is 12.7. The Balaban J connectivity index is 1.81. The average Bonchev–Trinajstić information content (AvgIpc) is 2.99. The summed E-state index contributed by atoms with van der Waals surface area (Å²) in [6, 6.07) is 13.1. The van der Waals surface area contributed by atoms with E-state index < -0.39 is 0 Å². The second kappa shape index (κ2) is 8.33. The number of pyridine rings is 1. The monoisotopic (exact) mass is 384 g/mol. The van der Waals surface area contributed by atoms with Crippen molar-refractivity contribution in [1.82, 2.24) is 20.1 Å². The lowest BCUT2D eigenvalue weighted by Gasteiger charge is -2.11. The number of benzene rings is 1. The zero-order chi connectivity index (χ0) is 19.4. The lowest BCUT2D eigenvalue weighted by atomic mass is 10.1. The van der Waals surface area contributed by atoms with Crippen molar-refractivity contribution in [2.24, 2.45) is 0 Å². The summed E-state index contributed by atoms with van der Waals surface area (Å²) in [5.74, 6) is 0.213. The predicted molar refractivity (Wildman–Crippen MR) is 104 cm³/mol. The van der Waals surface area contributed by atoms with Crippen molar-refractivity contribution in [1.29, 1.82) is 0 Å². The summed E-state index contributed by atoms with van der Waals surface area (Å²) < 4.78 is 6.89. The number of ether oxygens (including phenoxy) is 1. The number of nitrogens with zero attached hydrogens (tertiary/aromatic N) is 3. The maximum atomic E-state index is 12.7. The molecule has 0 saturated heterocycles. The molecule has 1 aromatic carbocycles. The molecule has 2 heterocycles. The average molecular weight is 385 g/mol. The molecule has 0 unspecified atom stereocenters. The van der Waals surface area contributed by atoms with Crippen LogP contribution in [0.2, 0.25) is 5.02 Å². The predicted octanol–water partition coefficient (Wildman–Crippen LogP) is 3.61. The van der Waals surface area contributed by atoms with Gasteiger partial charge in [-0.15, -0.1) is 0 Å². The van der Waals surface area contributed by atoms with Crippen LogP contribution in [0.25, 0.3) is 5.82 Å². The molecule has 1 amide bonds. The molecule has 1 N–H and O–H groups in total. The van der Waals surface area contributed by atoms with E-state index in [-0.39, 0.29) is 11.6 Å². The van der Waals surface area contributed by atoms with Gasteiger partial charge in [0, 0.05) is 19.3 Å². The molecule has 0 atom stereocenters. The molecule has 0 bridgehead atoms. The first kappa shape index (κ1) is 19.1. The van der Waals surface area contributed by atoms with E-state index in [2.05, 4.69) is 15.4 Å². The summed E-state index contributed by atoms with van der Waals surface area (Å²) in [4.78, 5) is 17.1. The van der Waals surface area contributed by atoms with Crippen molar-refractivity contribution in [3.8, 4) is 5.82 Å². The van der Waals surface area contributed by atoms with Crippen LogP contribution in [0.4, 0.5) is 0 Å². The summed E-state index contributed by atoms with van der Waals surface area (Å²) >= 11 is 6.21. The zero-order valence-electron chi connectivity index (χ0n) is 15.5. The molecule has 0 saturated carbocycles. The fourth-order valence-electron chi connectivity index (χ4n) is 2.86. The van der Waals surface area contributed by atoms with Gasteiger partial charge in [0.15, 0.2) is 5.82 Å². The van der Waals surface area contributed by atoms with E-state index in [9.17, 15) is 4.79 Å². The quantitative estimate of drug-likeness (QED) is 0.704. The minimum absolute atomic E-state index is 0.172. The van der Waals surface area contributed by atoms with E-state index in [4.69, 9.17) is 16.3 Å². The highest BCUT2D eigenvalue weighted by atomic mass is 35.5. The highest BCUT2D eigenvalue weighted by Gasteiger charge is 2.15. The van der Waals surface area contributed by atoms with E-state index in [1.165, 1.54) is 0 Å². The number of aryl methyl sites for hydroxylation is 2. The largest absolute Gasteiger partial charge is 0.380 e. The lowest BCUT2D eigenvalue weighted by molar-refractivity contribution is 0.0945. The summed E-state index contributed by atoms with van der Waals surface area (Å²) in [6.07, 6.45) is 0. The van der Waals surface area contributed by atoms with E-state index in [1.807, 2.05) is 44.2 Å². The number of carbonyl (C=O) groups is 1. The Kier molecular flexibility index (Phi) is 5.88. The Morgan fingerprint density at radius 2 is 1.93 bits per heavy atom. The number of nitrogens with one attached hydrogen (secondary N) is 1. The summed E-state index contributed by atoms with van der Waals surface area (Å²) in [7, 11) is 1.64. The third kappa shape index (κ3) is 4.35. The van der Waals surface area contributed by atoms with Gasteiger partial charge < -0.3 is 10.1 Å². The van der Waals surface area contributed by atoms with Crippen LogP contribution in [-0.2, 0) is 17.9 Å². The normalized spacial score (nSPS) is 10.8. The van der Waals surface area contributed by atoms with Gasteiger partial charge in [0.25, 0.3) is 5.91 Å². The molecule has 6 nitrogen and oxygen atoms in total. The van der Waals surface area contributed by atoms with Gasteiger partial charge in [-0.1, -0.05) is 35.9 Å². The summed E-state index contributed by atoms with van der Waals surface area (Å²) in [5.41, 5.74) is 3.99. The Morgan fingerprint density at radius 3 is 2.59 bits per heavy atom. The van der Waals surface area contributed by atoms with Crippen LogP contribution < -0.4 is 5.32 Å². The molecule has 3 rings (SSSR count). The Morgan fingerprint density at radius 1 is 1.19 bits per heavy atom. The van der Waals surface area contributed by atoms with E-state index in [1.54, 1.807) is 23.9 Å². The van der Waals surface area contributed by atoms with Gasteiger partial charge in [0.05, 0.1) is 17.3 Å². The van der Waals surface area contributed by atoms with Crippen LogP contribution in [0.3, 0.4) is 0 Å². The van der Waals surface area contributed by atoms with Gasteiger partial charge in [-0.05, 0) is 43.2 Å². The first-order valence-corrected chi connectivity index (χ1v) is 8.91. The van der Waals surface area contributed by atoms with Crippen LogP contribution >= 0.6 is 11.6 Å². The molecule has 27 heavy (non-hydrogen) atoms. The first-order chi connectivity index (χ1) is 13.0. The van der Waals surface area contributed by atoms with Gasteiger partial charge >= 0.3 is 0 Å². The number of carbonyl (C=O) groups excluding carboxylic acids is 1. The van der Waals surface area contributed by atoms with E-state index in [0.717, 1.165) is 22.5 Å². The van der Waals surface area contributed by atoms with Crippen LogP contribution in [0.5, 0.6) is 0 Å².